The molecule has 1 atom stereocenters. The van der Waals surface area contributed by atoms with E-state index in [2.05, 4.69) is 17.9 Å². The molecule has 1 heterocycles. The number of halogens is 1. The average Bonchev–Trinajstić information content (AvgIpc) is 2.41. The molecule has 122 valence electrons. The molecule has 1 amide bonds. The third-order valence-electron chi connectivity index (χ3n) is 3.86. The lowest BCUT2D eigenvalue weighted by Crippen LogP contribution is -2.47. The fourth-order valence-electron chi connectivity index (χ4n) is 2.79. The molecule has 0 aliphatic carbocycles. The van der Waals surface area contributed by atoms with Gasteiger partial charge in [0.2, 0.25) is 5.91 Å². The van der Waals surface area contributed by atoms with Crippen molar-refractivity contribution in [1.29, 1.82) is 0 Å². The highest BCUT2D eigenvalue weighted by Crippen LogP contribution is 2.18. The van der Waals surface area contributed by atoms with Gasteiger partial charge in [-0.05, 0) is 37.2 Å². The number of primary amides is 1. The van der Waals surface area contributed by atoms with E-state index in [1.807, 2.05) is 24.1 Å². The van der Waals surface area contributed by atoms with Gasteiger partial charge in [0.25, 0.3) is 0 Å². The minimum Gasteiger partial charge on any atom is -0.374 e. The number of rotatable bonds is 6. The fourth-order valence-corrected chi connectivity index (χ4v) is 3.02. The molecule has 6 heteroatoms. The molecule has 0 aromatic heterocycles. The van der Waals surface area contributed by atoms with Crippen LogP contribution in [0, 0.1) is 6.92 Å². The SMILES string of the molecule is Cc1cc(Cl)ccc1CN1CCO[C@H](CN(C)CC(N)=O)C1. The normalized spacial score (nSPS) is 19.5. The summed E-state index contributed by atoms with van der Waals surface area (Å²) in [5.41, 5.74) is 7.71. The molecule has 0 saturated carbocycles. The van der Waals surface area contributed by atoms with Crippen LogP contribution in [-0.2, 0) is 16.1 Å². The molecule has 1 saturated heterocycles. The van der Waals surface area contributed by atoms with Gasteiger partial charge in [0, 0.05) is 31.2 Å². The molecule has 1 aromatic rings. The molecule has 22 heavy (non-hydrogen) atoms. The van der Waals surface area contributed by atoms with Crippen LogP contribution in [-0.4, -0.2) is 61.6 Å². The molecule has 1 aliphatic rings. The second-order valence-electron chi connectivity index (χ2n) is 5.96. The standard InChI is InChI=1S/C16H24ClN3O2/c1-12-7-14(17)4-3-13(12)8-20-5-6-22-15(10-20)9-19(2)11-16(18)21/h3-4,7,15H,5-6,8-11H2,1-2H3,(H2,18,21)/t15-/m1/s1. The summed E-state index contributed by atoms with van der Waals surface area (Å²) in [6.45, 7) is 6.42. The summed E-state index contributed by atoms with van der Waals surface area (Å²) in [4.78, 5) is 15.2. The largest absolute Gasteiger partial charge is 0.374 e. The first-order chi connectivity index (χ1) is 10.4. The smallest absolute Gasteiger partial charge is 0.231 e. The number of carbonyl (C=O) groups is 1. The van der Waals surface area contributed by atoms with E-state index >= 15 is 0 Å². The monoisotopic (exact) mass is 325 g/mol. The van der Waals surface area contributed by atoms with Gasteiger partial charge in [-0.25, -0.2) is 0 Å². The Balaban J connectivity index is 1.89. The molecular weight excluding hydrogens is 302 g/mol. The Labute approximate surface area is 137 Å². The van der Waals surface area contributed by atoms with E-state index in [-0.39, 0.29) is 18.6 Å². The number of ether oxygens (including phenoxy) is 1. The van der Waals surface area contributed by atoms with Crippen molar-refractivity contribution in [3.8, 4) is 0 Å². The predicted octanol–water partition coefficient (Wildman–Crippen LogP) is 1.27. The topological polar surface area (TPSA) is 58.8 Å². The lowest BCUT2D eigenvalue weighted by Gasteiger charge is -2.35. The minimum atomic E-state index is -0.313. The molecule has 2 N–H and O–H groups in total. The van der Waals surface area contributed by atoms with E-state index in [9.17, 15) is 4.79 Å². The fraction of sp³-hybridized carbons (Fsp3) is 0.562. The third-order valence-corrected chi connectivity index (χ3v) is 4.10. The predicted molar refractivity (Wildman–Crippen MR) is 87.9 cm³/mol. The van der Waals surface area contributed by atoms with Gasteiger partial charge in [0.05, 0.1) is 19.3 Å². The number of nitrogens with zero attached hydrogens (tertiary/aromatic N) is 2. The number of carbonyl (C=O) groups excluding carboxylic acids is 1. The van der Waals surface area contributed by atoms with Crippen LogP contribution < -0.4 is 5.73 Å². The van der Waals surface area contributed by atoms with Gasteiger partial charge in [0.1, 0.15) is 0 Å². The van der Waals surface area contributed by atoms with E-state index in [1.54, 1.807) is 0 Å². The first kappa shape index (κ1) is 17.2. The van der Waals surface area contributed by atoms with Crippen LogP contribution in [0.3, 0.4) is 0 Å². The van der Waals surface area contributed by atoms with Crippen molar-refractivity contribution < 1.29 is 9.53 Å². The molecule has 5 nitrogen and oxygen atoms in total. The zero-order valence-corrected chi connectivity index (χ0v) is 14.0. The van der Waals surface area contributed by atoms with Crippen molar-refractivity contribution in [2.75, 3.05) is 39.8 Å². The number of hydrogen-bond donors (Lipinski definition) is 1. The highest BCUT2D eigenvalue weighted by molar-refractivity contribution is 6.30. The highest BCUT2D eigenvalue weighted by Gasteiger charge is 2.22. The number of amides is 1. The summed E-state index contributed by atoms with van der Waals surface area (Å²) >= 11 is 6.00. The Kier molecular flexibility index (Phi) is 6.20. The third kappa shape index (κ3) is 5.25. The van der Waals surface area contributed by atoms with Gasteiger partial charge in [0.15, 0.2) is 0 Å². The number of benzene rings is 1. The maximum Gasteiger partial charge on any atom is 0.231 e. The van der Waals surface area contributed by atoms with Crippen molar-refractivity contribution in [3.05, 3.63) is 34.3 Å². The summed E-state index contributed by atoms with van der Waals surface area (Å²) in [6.07, 6.45) is 0.103. The summed E-state index contributed by atoms with van der Waals surface area (Å²) in [7, 11) is 1.89. The van der Waals surface area contributed by atoms with Crippen LogP contribution in [0.1, 0.15) is 11.1 Å². The van der Waals surface area contributed by atoms with Crippen LogP contribution in [0.5, 0.6) is 0 Å². The number of nitrogens with two attached hydrogens (primary N) is 1. The number of likely N-dealkylation sites (N-methyl/N-ethyl adjacent to an activating group) is 1. The molecular formula is C16H24ClN3O2. The second-order valence-corrected chi connectivity index (χ2v) is 6.40. The molecule has 0 unspecified atom stereocenters. The molecule has 0 radical (unpaired) electrons. The zero-order chi connectivity index (χ0) is 16.1. The molecule has 1 aromatic carbocycles. The van der Waals surface area contributed by atoms with Gasteiger partial charge in [-0.1, -0.05) is 17.7 Å². The van der Waals surface area contributed by atoms with Crippen LogP contribution in [0.4, 0.5) is 0 Å². The second kappa shape index (κ2) is 7.92. The van der Waals surface area contributed by atoms with Crippen molar-refractivity contribution in [2.24, 2.45) is 5.73 Å². The number of morpholine rings is 1. The maximum absolute atomic E-state index is 10.9. The van der Waals surface area contributed by atoms with Crippen molar-refractivity contribution in [3.63, 3.8) is 0 Å². The van der Waals surface area contributed by atoms with Crippen molar-refractivity contribution in [2.45, 2.75) is 19.6 Å². The Morgan fingerprint density at radius 1 is 1.55 bits per heavy atom. The first-order valence-electron chi connectivity index (χ1n) is 7.50. The molecule has 0 spiro atoms. The summed E-state index contributed by atoms with van der Waals surface area (Å²) < 4.78 is 5.79. The summed E-state index contributed by atoms with van der Waals surface area (Å²) in [5, 5.41) is 0.772. The highest BCUT2D eigenvalue weighted by atomic mass is 35.5. The van der Waals surface area contributed by atoms with Gasteiger partial charge < -0.3 is 10.5 Å². The maximum atomic E-state index is 10.9. The Bertz CT molecular complexity index is 524. The van der Waals surface area contributed by atoms with Crippen LogP contribution >= 0.6 is 11.6 Å². The Morgan fingerprint density at radius 2 is 2.32 bits per heavy atom. The molecule has 0 bridgehead atoms. The van der Waals surface area contributed by atoms with Crippen LogP contribution in [0.25, 0.3) is 0 Å². The summed E-state index contributed by atoms with van der Waals surface area (Å²) in [5.74, 6) is -0.313. The van der Waals surface area contributed by atoms with Crippen LogP contribution in [0.15, 0.2) is 18.2 Å². The molecule has 1 fully saturated rings. The zero-order valence-electron chi connectivity index (χ0n) is 13.2. The number of aryl methyl sites for hydroxylation is 1. The van der Waals surface area contributed by atoms with Gasteiger partial charge in [-0.15, -0.1) is 0 Å². The molecule has 1 aliphatic heterocycles. The van der Waals surface area contributed by atoms with Crippen molar-refractivity contribution in [1.82, 2.24) is 9.80 Å². The minimum absolute atomic E-state index is 0.103. The first-order valence-corrected chi connectivity index (χ1v) is 7.87. The molecule has 2 rings (SSSR count). The lowest BCUT2D eigenvalue weighted by molar-refractivity contribution is -0.119. The van der Waals surface area contributed by atoms with Gasteiger partial charge in [-0.2, -0.15) is 0 Å². The lowest BCUT2D eigenvalue weighted by atomic mass is 10.1. The van der Waals surface area contributed by atoms with E-state index < -0.39 is 0 Å². The quantitative estimate of drug-likeness (QED) is 0.855. The summed E-state index contributed by atoms with van der Waals surface area (Å²) in [6, 6.07) is 6.01. The van der Waals surface area contributed by atoms with Crippen LogP contribution in [0.2, 0.25) is 5.02 Å². The van der Waals surface area contributed by atoms with Gasteiger partial charge in [-0.3, -0.25) is 14.6 Å². The Morgan fingerprint density at radius 3 is 3.00 bits per heavy atom. The number of hydrogen-bond acceptors (Lipinski definition) is 4. The van der Waals surface area contributed by atoms with Gasteiger partial charge >= 0.3 is 0 Å². The average molecular weight is 326 g/mol. The van der Waals surface area contributed by atoms with E-state index in [4.69, 9.17) is 22.1 Å². The van der Waals surface area contributed by atoms with E-state index in [0.717, 1.165) is 24.7 Å². The van der Waals surface area contributed by atoms with E-state index in [0.29, 0.717) is 13.2 Å². The van der Waals surface area contributed by atoms with E-state index in [1.165, 1.54) is 11.1 Å². The van der Waals surface area contributed by atoms with Crippen molar-refractivity contribution >= 4 is 17.5 Å². The Hall–Kier alpha value is -1.14.